The Morgan fingerprint density at radius 3 is 2.92 bits per heavy atom. The minimum Gasteiger partial charge on any atom is -0.454 e. The zero-order valence-corrected chi connectivity index (χ0v) is 13.7. The number of nitrogens with zero attached hydrogens (tertiary/aromatic N) is 1. The molecule has 1 aromatic carbocycles. The number of para-hydroxylation sites is 1. The van der Waals surface area contributed by atoms with Gasteiger partial charge in [-0.05, 0) is 42.1 Å². The van der Waals surface area contributed by atoms with Crippen LogP contribution in [0, 0.1) is 0 Å². The molecule has 1 aliphatic rings. The van der Waals surface area contributed by atoms with Crippen LogP contribution in [-0.2, 0) is 13.1 Å². The van der Waals surface area contributed by atoms with Gasteiger partial charge in [0, 0.05) is 18.3 Å². The maximum Gasteiger partial charge on any atom is 0.231 e. The highest BCUT2D eigenvalue weighted by atomic mass is 32.2. The topological polar surface area (TPSA) is 56.5 Å². The molecule has 2 aromatic heterocycles. The summed E-state index contributed by atoms with van der Waals surface area (Å²) in [7, 11) is 0. The predicted octanol–water partition coefficient (Wildman–Crippen LogP) is 3.84. The normalized spacial score (nSPS) is 12.5. The number of fused-ring (bicyclic) bond motifs is 1. The Morgan fingerprint density at radius 1 is 1.00 bits per heavy atom. The van der Waals surface area contributed by atoms with Crippen LogP contribution in [0.15, 0.2) is 69.3 Å². The third-order valence-corrected chi connectivity index (χ3v) is 4.44. The molecule has 1 aliphatic heterocycles. The number of furan rings is 1. The quantitative estimate of drug-likeness (QED) is 0.736. The van der Waals surface area contributed by atoms with Gasteiger partial charge in [-0.1, -0.05) is 18.2 Å². The third-order valence-electron chi connectivity index (χ3n) is 3.57. The fourth-order valence-corrected chi connectivity index (χ4v) is 3.22. The van der Waals surface area contributed by atoms with Crippen LogP contribution in [0.5, 0.6) is 11.5 Å². The largest absolute Gasteiger partial charge is 0.454 e. The smallest absolute Gasteiger partial charge is 0.231 e. The number of nitrogens with one attached hydrogen (secondary N) is 1. The lowest BCUT2D eigenvalue weighted by atomic mass is 10.2. The van der Waals surface area contributed by atoms with Crippen molar-refractivity contribution in [3.05, 3.63) is 66.1 Å². The SMILES string of the molecule is c1ccc(Sc2ccc(CNCc3cccc4c3OCO4)o2)nc1. The van der Waals surface area contributed by atoms with Crippen LogP contribution >= 0.6 is 11.8 Å². The minimum absolute atomic E-state index is 0.290. The van der Waals surface area contributed by atoms with E-state index in [0.717, 1.165) is 32.9 Å². The fraction of sp³-hybridized carbons (Fsp3) is 0.167. The number of benzene rings is 1. The Hall–Kier alpha value is -2.44. The van der Waals surface area contributed by atoms with Crippen molar-refractivity contribution < 1.29 is 13.9 Å². The third kappa shape index (κ3) is 3.39. The Morgan fingerprint density at radius 2 is 2.00 bits per heavy atom. The number of rotatable bonds is 6. The molecular formula is C18H16N2O3S. The average molecular weight is 340 g/mol. The molecule has 24 heavy (non-hydrogen) atoms. The Labute approximate surface area is 144 Å². The van der Waals surface area contributed by atoms with Gasteiger partial charge in [-0.3, -0.25) is 0 Å². The van der Waals surface area contributed by atoms with E-state index in [4.69, 9.17) is 13.9 Å². The molecule has 3 heterocycles. The highest BCUT2D eigenvalue weighted by Crippen LogP contribution is 2.35. The molecule has 0 radical (unpaired) electrons. The summed E-state index contributed by atoms with van der Waals surface area (Å²) in [4.78, 5) is 4.28. The van der Waals surface area contributed by atoms with Crippen LogP contribution < -0.4 is 14.8 Å². The summed E-state index contributed by atoms with van der Waals surface area (Å²) in [5.74, 6) is 2.52. The van der Waals surface area contributed by atoms with E-state index < -0.39 is 0 Å². The molecule has 122 valence electrons. The molecule has 0 unspecified atom stereocenters. The van der Waals surface area contributed by atoms with Crippen molar-refractivity contribution >= 4 is 11.8 Å². The standard InChI is InChI=1S/C18H16N2O3S/c1-2-9-20-16(6-1)24-17-8-7-14(23-17)11-19-10-13-4-3-5-15-18(13)22-12-21-15/h1-9,19H,10-12H2. The lowest BCUT2D eigenvalue weighted by molar-refractivity contribution is 0.173. The number of hydrogen-bond donors (Lipinski definition) is 1. The van der Waals surface area contributed by atoms with Crippen LogP contribution in [-0.4, -0.2) is 11.8 Å². The van der Waals surface area contributed by atoms with Gasteiger partial charge in [0.15, 0.2) is 16.6 Å². The minimum atomic E-state index is 0.290. The summed E-state index contributed by atoms with van der Waals surface area (Å²) < 4.78 is 16.7. The summed E-state index contributed by atoms with van der Waals surface area (Å²) >= 11 is 1.51. The van der Waals surface area contributed by atoms with E-state index in [2.05, 4.69) is 10.3 Å². The van der Waals surface area contributed by atoms with Gasteiger partial charge in [0.1, 0.15) is 10.8 Å². The summed E-state index contributed by atoms with van der Waals surface area (Å²) in [5, 5.41) is 5.13. The molecule has 0 aliphatic carbocycles. The van der Waals surface area contributed by atoms with Crippen LogP contribution in [0.3, 0.4) is 0 Å². The Balaban J connectivity index is 1.33. The first kappa shape index (κ1) is 15.1. The summed E-state index contributed by atoms with van der Waals surface area (Å²) in [6, 6.07) is 15.7. The van der Waals surface area contributed by atoms with Gasteiger partial charge in [0.2, 0.25) is 6.79 Å². The molecule has 0 bridgehead atoms. The van der Waals surface area contributed by atoms with E-state index in [9.17, 15) is 0 Å². The molecule has 4 rings (SSSR count). The maximum atomic E-state index is 5.82. The van der Waals surface area contributed by atoms with E-state index in [1.807, 2.05) is 48.5 Å². The first-order valence-corrected chi connectivity index (χ1v) is 8.46. The van der Waals surface area contributed by atoms with E-state index in [1.54, 1.807) is 6.20 Å². The van der Waals surface area contributed by atoms with Gasteiger partial charge in [-0.2, -0.15) is 0 Å². The van der Waals surface area contributed by atoms with Crippen molar-refractivity contribution in [1.29, 1.82) is 0 Å². The first-order valence-electron chi connectivity index (χ1n) is 7.64. The molecule has 0 amide bonds. The van der Waals surface area contributed by atoms with E-state index in [-0.39, 0.29) is 0 Å². The number of ether oxygens (including phenoxy) is 2. The van der Waals surface area contributed by atoms with Crippen LogP contribution in [0.4, 0.5) is 0 Å². The zero-order valence-electron chi connectivity index (χ0n) is 12.9. The van der Waals surface area contributed by atoms with Gasteiger partial charge in [-0.15, -0.1) is 0 Å². The highest BCUT2D eigenvalue weighted by molar-refractivity contribution is 7.99. The van der Waals surface area contributed by atoms with Crippen molar-refractivity contribution in [2.75, 3.05) is 6.79 Å². The van der Waals surface area contributed by atoms with Crippen molar-refractivity contribution in [2.45, 2.75) is 23.2 Å². The highest BCUT2D eigenvalue weighted by Gasteiger charge is 2.16. The van der Waals surface area contributed by atoms with Crippen molar-refractivity contribution in [3.63, 3.8) is 0 Å². The van der Waals surface area contributed by atoms with Gasteiger partial charge < -0.3 is 19.2 Å². The van der Waals surface area contributed by atoms with Gasteiger partial charge in [0.05, 0.1) is 6.54 Å². The lowest BCUT2D eigenvalue weighted by Crippen LogP contribution is -2.12. The van der Waals surface area contributed by atoms with Crippen LogP contribution in [0.2, 0.25) is 0 Å². The molecule has 0 atom stereocenters. The van der Waals surface area contributed by atoms with Crippen LogP contribution in [0.25, 0.3) is 0 Å². The predicted molar refractivity (Wildman–Crippen MR) is 90.2 cm³/mol. The maximum absolute atomic E-state index is 5.82. The Bertz CT molecular complexity index is 820. The second kappa shape index (κ2) is 6.98. The molecular weight excluding hydrogens is 324 g/mol. The zero-order chi connectivity index (χ0) is 16.2. The molecule has 0 spiro atoms. The molecule has 0 saturated carbocycles. The van der Waals surface area contributed by atoms with Crippen molar-refractivity contribution in [3.8, 4) is 11.5 Å². The number of aromatic nitrogens is 1. The number of pyridine rings is 1. The number of hydrogen-bond acceptors (Lipinski definition) is 6. The van der Waals surface area contributed by atoms with Crippen molar-refractivity contribution in [2.24, 2.45) is 0 Å². The van der Waals surface area contributed by atoms with Gasteiger partial charge in [-0.25, -0.2) is 4.98 Å². The average Bonchev–Trinajstić information content (AvgIpc) is 3.25. The Kier molecular flexibility index (Phi) is 4.40. The molecule has 5 nitrogen and oxygen atoms in total. The molecule has 0 saturated heterocycles. The van der Waals surface area contributed by atoms with Gasteiger partial charge in [0.25, 0.3) is 0 Å². The second-order valence-electron chi connectivity index (χ2n) is 5.25. The van der Waals surface area contributed by atoms with Gasteiger partial charge >= 0.3 is 0 Å². The first-order chi connectivity index (χ1) is 11.9. The van der Waals surface area contributed by atoms with Crippen LogP contribution in [0.1, 0.15) is 11.3 Å². The fourth-order valence-electron chi connectivity index (χ4n) is 2.47. The molecule has 6 heteroatoms. The van der Waals surface area contributed by atoms with E-state index >= 15 is 0 Å². The molecule has 0 fully saturated rings. The molecule has 3 aromatic rings. The van der Waals surface area contributed by atoms with E-state index in [1.165, 1.54) is 11.8 Å². The summed E-state index contributed by atoms with van der Waals surface area (Å²) in [6.07, 6.45) is 1.78. The second-order valence-corrected chi connectivity index (χ2v) is 6.27. The molecule has 1 N–H and O–H groups in total. The van der Waals surface area contributed by atoms with Crippen molar-refractivity contribution in [1.82, 2.24) is 10.3 Å². The summed E-state index contributed by atoms with van der Waals surface area (Å²) in [5.41, 5.74) is 1.08. The monoisotopic (exact) mass is 340 g/mol. The van der Waals surface area contributed by atoms with E-state index in [0.29, 0.717) is 19.9 Å². The summed E-state index contributed by atoms with van der Waals surface area (Å²) in [6.45, 7) is 1.63. The lowest BCUT2D eigenvalue weighted by Gasteiger charge is -2.06.